The van der Waals surface area contributed by atoms with E-state index in [1.54, 1.807) is 0 Å². The molecule has 0 aromatic carbocycles. The molecule has 166 valence electrons. The molecule has 5 heteroatoms. The van der Waals surface area contributed by atoms with Crippen LogP contribution in [0.4, 0.5) is 0 Å². The maximum absolute atomic E-state index is 12.6. The Morgan fingerprint density at radius 1 is 0.964 bits per heavy atom. The fourth-order valence-corrected chi connectivity index (χ4v) is 4.96. The van der Waals surface area contributed by atoms with Crippen LogP contribution in [0.1, 0.15) is 75.2 Å². The van der Waals surface area contributed by atoms with Crippen molar-refractivity contribution in [2.45, 2.75) is 118 Å². The Labute approximate surface area is 177 Å². The van der Waals surface area contributed by atoms with Crippen molar-refractivity contribution in [1.29, 1.82) is 0 Å². The third kappa shape index (κ3) is 8.64. The predicted octanol–water partition coefficient (Wildman–Crippen LogP) is 7.35. The van der Waals surface area contributed by atoms with Gasteiger partial charge in [-0.15, -0.1) is 0 Å². The second kappa shape index (κ2) is 10.2. The molecule has 0 aromatic rings. The number of allylic oxidation sites excluding steroid dienone is 1. The molecule has 0 heterocycles. The molecule has 0 amide bonds. The Bertz CT molecular complexity index is 537. The number of hydrogen-bond donors (Lipinski definition) is 0. The van der Waals surface area contributed by atoms with Crippen molar-refractivity contribution in [2.24, 2.45) is 5.92 Å². The molecule has 0 bridgehead atoms. The average Bonchev–Trinajstić information content (AvgIpc) is 2.48. The number of carbonyl (C=O) groups excluding carboxylic acids is 1. The lowest BCUT2D eigenvalue weighted by molar-refractivity contribution is -0.115. The summed E-state index contributed by atoms with van der Waals surface area (Å²) in [7, 11) is -3.62. The lowest BCUT2D eigenvalue weighted by Gasteiger charge is -2.39. The molecular formula is C23H48O3Si2. The normalized spacial score (nSPS) is 16.8. The topological polar surface area (TPSA) is 35.5 Å². The average molecular weight is 429 g/mol. The zero-order chi connectivity index (χ0) is 22.6. The Morgan fingerprint density at radius 3 is 1.82 bits per heavy atom. The first-order valence-electron chi connectivity index (χ1n) is 10.9. The highest BCUT2D eigenvalue weighted by Crippen LogP contribution is 2.39. The molecule has 0 unspecified atom stereocenters. The van der Waals surface area contributed by atoms with Gasteiger partial charge in [0.25, 0.3) is 0 Å². The summed E-state index contributed by atoms with van der Waals surface area (Å²) in [6, 6.07) is 0. The van der Waals surface area contributed by atoms with Gasteiger partial charge in [-0.25, -0.2) is 0 Å². The van der Waals surface area contributed by atoms with Crippen LogP contribution in [-0.4, -0.2) is 35.1 Å². The number of carbonyl (C=O) groups is 1. The Morgan fingerprint density at radius 2 is 1.43 bits per heavy atom. The van der Waals surface area contributed by atoms with Gasteiger partial charge in [-0.2, -0.15) is 0 Å². The van der Waals surface area contributed by atoms with Crippen LogP contribution in [0.25, 0.3) is 0 Å². The summed E-state index contributed by atoms with van der Waals surface area (Å²) >= 11 is 0. The van der Waals surface area contributed by atoms with Crippen molar-refractivity contribution >= 4 is 22.4 Å². The fourth-order valence-electron chi connectivity index (χ4n) is 2.41. The van der Waals surface area contributed by atoms with E-state index in [1.165, 1.54) is 0 Å². The van der Waals surface area contributed by atoms with Gasteiger partial charge in [-0.05, 0) is 67.2 Å². The highest BCUT2D eigenvalue weighted by atomic mass is 28.4. The summed E-state index contributed by atoms with van der Waals surface area (Å²) in [5.74, 6) is 0.410. The van der Waals surface area contributed by atoms with Gasteiger partial charge in [0.05, 0.1) is 6.10 Å². The highest BCUT2D eigenvalue weighted by molar-refractivity contribution is 6.74. The molecule has 0 saturated carbocycles. The molecule has 0 rings (SSSR count). The Balaban J connectivity index is 4.90. The molecule has 0 aliphatic heterocycles. The maximum atomic E-state index is 12.6. The highest BCUT2D eigenvalue weighted by Gasteiger charge is 2.39. The molecule has 28 heavy (non-hydrogen) atoms. The molecular weight excluding hydrogens is 380 g/mol. The van der Waals surface area contributed by atoms with E-state index in [0.717, 1.165) is 12.0 Å². The Hall–Kier alpha value is -0.236. The minimum absolute atomic E-state index is 0.0311. The monoisotopic (exact) mass is 428 g/mol. The van der Waals surface area contributed by atoms with Gasteiger partial charge in [0.15, 0.2) is 22.4 Å². The quantitative estimate of drug-likeness (QED) is 0.269. The van der Waals surface area contributed by atoms with E-state index in [2.05, 4.69) is 81.6 Å². The summed E-state index contributed by atoms with van der Waals surface area (Å²) < 4.78 is 12.8. The third-order valence-corrected chi connectivity index (χ3v) is 15.6. The van der Waals surface area contributed by atoms with Gasteiger partial charge >= 0.3 is 0 Å². The first kappa shape index (κ1) is 27.8. The summed E-state index contributed by atoms with van der Waals surface area (Å²) in [5, 5.41) is 0.364. The van der Waals surface area contributed by atoms with Gasteiger partial charge in [0.1, 0.15) is 0 Å². The third-order valence-electron chi connectivity index (χ3n) is 6.59. The van der Waals surface area contributed by atoms with Crippen LogP contribution in [0.3, 0.4) is 0 Å². The lowest BCUT2D eigenvalue weighted by Crippen LogP contribution is -2.44. The molecule has 0 aromatic heterocycles. The summed E-state index contributed by atoms with van der Waals surface area (Å²) in [6.45, 7) is 29.5. The zero-order valence-corrected chi connectivity index (χ0v) is 23.1. The maximum Gasteiger partial charge on any atom is 0.192 e. The fraction of sp³-hybridized carbons (Fsp3) is 0.870. The molecule has 0 N–H and O–H groups in total. The van der Waals surface area contributed by atoms with Crippen LogP contribution < -0.4 is 0 Å². The first-order valence-corrected chi connectivity index (χ1v) is 16.7. The molecule has 3 nitrogen and oxygen atoms in total. The van der Waals surface area contributed by atoms with Gasteiger partial charge < -0.3 is 8.85 Å². The van der Waals surface area contributed by atoms with Crippen molar-refractivity contribution in [3.05, 3.63) is 11.6 Å². The molecule has 0 radical (unpaired) electrons. The van der Waals surface area contributed by atoms with Crippen LogP contribution in [0, 0.1) is 5.92 Å². The smallest absolute Gasteiger partial charge is 0.192 e. The van der Waals surface area contributed by atoms with E-state index in [1.807, 2.05) is 13.0 Å². The second-order valence-corrected chi connectivity index (χ2v) is 21.1. The van der Waals surface area contributed by atoms with E-state index < -0.39 is 16.6 Å². The molecule has 0 aliphatic carbocycles. The summed E-state index contributed by atoms with van der Waals surface area (Å²) in [6.07, 6.45) is 3.27. The van der Waals surface area contributed by atoms with Crippen LogP contribution in [0.2, 0.25) is 36.3 Å². The zero-order valence-electron chi connectivity index (χ0n) is 21.1. The van der Waals surface area contributed by atoms with Crippen molar-refractivity contribution in [1.82, 2.24) is 0 Å². The van der Waals surface area contributed by atoms with E-state index in [-0.39, 0.29) is 27.9 Å². The van der Waals surface area contributed by atoms with E-state index in [4.69, 9.17) is 8.85 Å². The molecule has 2 atom stereocenters. The van der Waals surface area contributed by atoms with Gasteiger partial charge in [-0.3, -0.25) is 4.79 Å². The lowest BCUT2D eigenvalue weighted by atomic mass is 10.0. The van der Waals surface area contributed by atoms with Crippen LogP contribution in [0.5, 0.6) is 0 Å². The van der Waals surface area contributed by atoms with Crippen LogP contribution in [0.15, 0.2) is 11.6 Å². The van der Waals surface area contributed by atoms with E-state index >= 15 is 0 Å². The predicted molar refractivity (Wildman–Crippen MR) is 128 cm³/mol. The largest absolute Gasteiger partial charge is 0.417 e. The van der Waals surface area contributed by atoms with Crippen molar-refractivity contribution in [2.75, 3.05) is 6.61 Å². The minimum Gasteiger partial charge on any atom is -0.417 e. The van der Waals surface area contributed by atoms with Crippen molar-refractivity contribution < 1.29 is 13.6 Å². The first-order chi connectivity index (χ1) is 12.3. The van der Waals surface area contributed by atoms with E-state index in [9.17, 15) is 4.79 Å². The van der Waals surface area contributed by atoms with Crippen LogP contribution in [-0.2, 0) is 13.6 Å². The van der Waals surface area contributed by atoms with Gasteiger partial charge in [0, 0.05) is 13.0 Å². The summed E-state index contributed by atoms with van der Waals surface area (Å²) in [4.78, 5) is 12.6. The minimum atomic E-state index is -1.85. The van der Waals surface area contributed by atoms with Crippen LogP contribution >= 0.6 is 0 Å². The van der Waals surface area contributed by atoms with Gasteiger partial charge in [-0.1, -0.05) is 55.4 Å². The van der Waals surface area contributed by atoms with Crippen molar-refractivity contribution in [3.63, 3.8) is 0 Å². The second-order valence-electron chi connectivity index (χ2n) is 11.5. The number of ketones is 1. The summed E-state index contributed by atoms with van der Waals surface area (Å²) in [5.41, 5.74) is 1.05. The van der Waals surface area contributed by atoms with E-state index in [0.29, 0.717) is 13.0 Å². The molecule has 0 fully saturated rings. The number of rotatable bonds is 10. The number of hydrogen-bond acceptors (Lipinski definition) is 3. The van der Waals surface area contributed by atoms with Crippen molar-refractivity contribution in [3.8, 4) is 0 Å². The molecule has 0 spiro atoms. The SMILES string of the molecule is CC[C@@H](O[Si](C)(C)C(C)(C)C)/C(C)=C/C(=O)C[C@H](C)CO[Si](C)(C)C(C)(C)C. The molecule has 0 aliphatic rings. The van der Waals surface area contributed by atoms with Gasteiger partial charge in [0.2, 0.25) is 0 Å². The molecule has 0 saturated heterocycles. The Kier molecular flexibility index (Phi) is 10.1. The standard InChI is InChI=1S/C23H48O3Si2/c1-14-21(26-28(12,13)23(7,8)9)19(3)16-20(24)15-18(2)17-25-27(10,11)22(4,5)6/h16,18,21H,14-15,17H2,1-13H3/b19-16+/t18-,21+/m0/s1.